The summed E-state index contributed by atoms with van der Waals surface area (Å²) in [6, 6.07) is 4.57. The largest absolute Gasteiger partial charge is 0.437 e. The van der Waals surface area contributed by atoms with Crippen LogP contribution in [0.15, 0.2) is 30.5 Å². The summed E-state index contributed by atoms with van der Waals surface area (Å²) in [5, 5.41) is 0. The van der Waals surface area contributed by atoms with Crippen LogP contribution in [0.5, 0.6) is 0 Å². The van der Waals surface area contributed by atoms with Crippen molar-refractivity contribution in [3.05, 3.63) is 47.5 Å². The molecule has 2 heterocycles. The van der Waals surface area contributed by atoms with E-state index in [0.717, 1.165) is 13.3 Å². The van der Waals surface area contributed by atoms with E-state index in [2.05, 4.69) is 0 Å². The molecular weight excluding hydrogens is 373 g/mol. The zero-order valence-corrected chi connectivity index (χ0v) is 13.4. The quantitative estimate of drug-likeness (QED) is 0.592. The Labute approximate surface area is 142 Å². The van der Waals surface area contributed by atoms with E-state index in [9.17, 15) is 40.3 Å². The van der Waals surface area contributed by atoms with E-state index in [1.54, 1.807) is 10.6 Å². The number of carbonyl (C=O) groups excluding carboxylic acids is 2. The van der Waals surface area contributed by atoms with E-state index < -0.39 is 29.4 Å². The molecule has 2 rings (SSSR count). The van der Waals surface area contributed by atoms with E-state index in [1.165, 1.54) is 0 Å². The third kappa shape index (κ3) is 3.81. The number of carbonyl (C=O) groups is 2. The Hall–Kier alpha value is -2.59. The number of rotatable bonds is 3. The van der Waals surface area contributed by atoms with Gasteiger partial charge in [-0.05, 0) is 24.3 Å². The van der Waals surface area contributed by atoms with Gasteiger partial charge in [0, 0.05) is 20.3 Å². The second-order valence-electron chi connectivity index (χ2n) is 5.14. The molecule has 2 aromatic heterocycles. The third-order valence-corrected chi connectivity index (χ3v) is 3.52. The lowest BCUT2D eigenvalue weighted by Crippen LogP contribution is -2.51. The molecule has 26 heavy (non-hydrogen) atoms. The van der Waals surface area contributed by atoms with E-state index in [4.69, 9.17) is 0 Å². The third-order valence-electron chi connectivity index (χ3n) is 3.52. The monoisotopic (exact) mass is 386 g/mol. The van der Waals surface area contributed by atoms with Crippen LogP contribution in [-0.4, -0.2) is 34.1 Å². The van der Waals surface area contributed by atoms with E-state index in [0.29, 0.717) is 11.8 Å². The van der Waals surface area contributed by atoms with Crippen molar-refractivity contribution in [1.29, 1.82) is 0 Å². The maximum absolute atomic E-state index is 13.6. The Bertz CT molecular complexity index is 758. The minimum absolute atomic E-state index is 0.0245. The van der Waals surface area contributed by atoms with Gasteiger partial charge in [0.15, 0.2) is 12.6 Å². The molecule has 0 amide bonds. The van der Waals surface area contributed by atoms with E-state index in [1.807, 2.05) is 19.3 Å². The summed E-state index contributed by atoms with van der Waals surface area (Å²) in [5.41, 5.74) is -6.99. The molecule has 0 atom stereocenters. The van der Waals surface area contributed by atoms with Gasteiger partial charge >= 0.3 is 18.0 Å². The normalized spacial score (nSPS) is 12.3. The van der Waals surface area contributed by atoms with Gasteiger partial charge in [-0.2, -0.15) is 26.3 Å². The first-order valence-corrected chi connectivity index (χ1v) is 6.81. The van der Waals surface area contributed by atoms with Gasteiger partial charge in [-0.15, -0.1) is 0 Å². The van der Waals surface area contributed by atoms with Gasteiger partial charge in [0.1, 0.15) is 0 Å². The highest BCUT2D eigenvalue weighted by Crippen LogP contribution is 2.53. The van der Waals surface area contributed by atoms with Crippen molar-refractivity contribution in [2.45, 2.75) is 18.0 Å². The molecular formula is C15H13F7N2O2. The summed E-state index contributed by atoms with van der Waals surface area (Å²) in [5.74, 6) is 0. The molecule has 0 aliphatic carbocycles. The SMILES string of the molecule is Cn1c(C=O)ccc1C(F)(C(F)(F)F)C(F)(F)F.Cn1cccc1C=O. The summed E-state index contributed by atoms with van der Waals surface area (Å²) in [4.78, 5) is 20.4. The molecule has 144 valence electrons. The summed E-state index contributed by atoms with van der Waals surface area (Å²) in [7, 11) is 2.58. The highest BCUT2D eigenvalue weighted by atomic mass is 19.4. The fourth-order valence-corrected chi connectivity index (χ4v) is 2.04. The number of hydrogen-bond acceptors (Lipinski definition) is 2. The number of aryl methyl sites for hydroxylation is 1. The summed E-state index contributed by atoms with van der Waals surface area (Å²) in [6.07, 6.45) is -9.67. The molecule has 0 fully saturated rings. The molecule has 2 aromatic rings. The second kappa shape index (κ2) is 7.34. The predicted molar refractivity (Wildman–Crippen MR) is 76.5 cm³/mol. The molecule has 0 N–H and O–H groups in total. The van der Waals surface area contributed by atoms with Crippen molar-refractivity contribution in [3.63, 3.8) is 0 Å². The fraction of sp³-hybridized carbons (Fsp3) is 0.333. The molecule has 0 saturated carbocycles. The molecule has 0 unspecified atom stereocenters. The van der Waals surface area contributed by atoms with Crippen molar-refractivity contribution < 1.29 is 40.3 Å². The number of hydrogen-bond donors (Lipinski definition) is 0. The Kier molecular flexibility index (Phi) is 6.06. The Morgan fingerprint density at radius 2 is 1.31 bits per heavy atom. The molecule has 4 nitrogen and oxygen atoms in total. The average molecular weight is 386 g/mol. The first-order valence-electron chi connectivity index (χ1n) is 6.81. The summed E-state index contributed by atoms with van der Waals surface area (Å²) in [6.45, 7) is 0. The van der Waals surface area contributed by atoms with Crippen molar-refractivity contribution in [1.82, 2.24) is 9.13 Å². The fourth-order valence-electron chi connectivity index (χ4n) is 2.04. The van der Waals surface area contributed by atoms with Crippen molar-refractivity contribution in [2.24, 2.45) is 14.1 Å². The molecule has 11 heteroatoms. The number of nitrogens with zero attached hydrogens (tertiary/aromatic N) is 2. The summed E-state index contributed by atoms with van der Waals surface area (Å²) < 4.78 is 89.8. The number of halogens is 7. The second-order valence-corrected chi connectivity index (χ2v) is 5.14. The number of aldehydes is 2. The topological polar surface area (TPSA) is 44.0 Å². The minimum Gasteiger partial charge on any atom is -0.348 e. The van der Waals surface area contributed by atoms with Crippen LogP contribution in [0.3, 0.4) is 0 Å². The summed E-state index contributed by atoms with van der Waals surface area (Å²) >= 11 is 0. The standard InChI is InChI=1S/C9H6F7NO.C6H7NO/c1-17-5(4-18)2-3-6(17)7(10,8(11,12)13)9(14,15)16;1-7-4-2-3-6(7)5-8/h2-4H,1H3;2-5H,1H3. The smallest absolute Gasteiger partial charge is 0.348 e. The first-order chi connectivity index (χ1) is 11.8. The van der Waals surface area contributed by atoms with Gasteiger partial charge in [-0.3, -0.25) is 9.59 Å². The number of alkyl halides is 7. The van der Waals surface area contributed by atoms with Gasteiger partial charge < -0.3 is 9.13 Å². The van der Waals surface area contributed by atoms with Gasteiger partial charge in [0.05, 0.1) is 17.1 Å². The van der Waals surface area contributed by atoms with Crippen LogP contribution in [0.25, 0.3) is 0 Å². The number of aromatic nitrogens is 2. The molecule has 0 saturated heterocycles. The van der Waals surface area contributed by atoms with Gasteiger partial charge in [0.2, 0.25) is 0 Å². The Morgan fingerprint density at radius 3 is 1.58 bits per heavy atom. The van der Waals surface area contributed by atoms with Crippen LogP contribution < -0.4 is 0 Å². The lowest BCUT2D eigenvalue weighted by atomic mass is 10.0. The molecule has 0 aromatic carbocycles. The molecule has 0 spiro atoms. The Morgan fingerprint density at radius 1 is 0.808 bits per heavy atom. The van der Waals surface area contributed by atoms with Crippen molar-refractivity contribution >= 4 is 12.6 Å². The zero-order chi connectivity index (χ0) is 20.3. The average Bonchev–Trinajstić information content (AvgIpc) is 3.10. The van der Waals surface area contributed by atoms with Crippen molar-refractivity contribution in [3.8, 4) is 0 Å². The van der Waals surface area contributed by atoms with E-state index in [-0.39, 0.29) is 16.9 Å². The van der Waals surface area contributed by atoms with Crippen LogP contribution in [0.4, 0.5) is 30.7 Å². The molecule has 0 aliphatic rings. The van der Waals surface area contributed by atoms with Crippen LogP contribution in [0.1, 0.15) is 26.7 Å². The van der Waals surface area contributed by atoms with Crippen LogP contribution in [0.2, 0.25) is 0 Å². The van der Waals surface area contributed by atoms with Gasteiger partial charge in [-0.1, -0.05) is 0 Å². The maximum atomic E-state index is 13.6. The van der Waals surface area contributed by atoms with Crippen LogP contribution >= 0.6 is 0 Å². The predicted octanol–water partition coefficient (Wildman–Crippen LogP) is 3.96. The van der Waals surface area contributed by atoms with Crippen molar-refractivity contribution in [2.75, 3.05) is 0 Å². The lowest BCUT2D eigenvalue weighted by molar-refractivity contribution is -0.350. The lowest BCUT2D eigenvalue weighted by Gasteiger charge is -2.30. The van der Waals surface area contributed by atoms with Crippen LogP contribution in [-0.2, 0) is 19.8 Å². The molecule has 0 radical (unpaired) electrons. The highest BCUT2D eigenvalue weighted by Gasteiger charge is 2.74. The first kappa shape index (κ1) is 21.5. The molecule has 0 bridgehead atoms. The highest BCUT2D eigenvalue weighted by molar-refractivity contribution is 5.73. The van der Waals surface area contributed by atoms with Gasteiger partial charge in [-0.25, -0.2) is 4.39 Å². The van der Waals surface area contributed by atoms with Crippen LogP contribution in [0, 0.1) is 0 Å². The minimum atomic E-state index is -6.18. The van der Waals surface area contributed by atoms with Gasteiger partial charge in [0.25, 0.3) is 0 Å². The molecule has 0 aliphatic heterocycles. The zero-order valence-electron chi connectivity index (χ0n) is 13.4. The Balaban J connectivity index is 0.000000350. The maximum Gasteiger partial charge on any atom is 0.437 e. The van der Waals surface area contributed by atoms with E-state index >= 15 is 0 Å².